The van der Waals surface area contributed by atoms with E-state index in [-0.39, 0.29) is 16.9 Å². The van der Waals surface area contributed by atoms with E-state index in [4.69, 9.17) is 4.74 Å². The number of rotatable bonds is 4. The van der Waals surface area contributed by atoms with Gasteiger partial charge in [-0.05, 0) is 42.0 Å². The van der Waals surface area contributed by atoms with Crippen molar-refractivity contribution in [3.8, 4) is 5.75 Å². The van der Waals surface area contributed by atoms with E-state index < -0.39 is 17.7 Å². The van der Waals surface area contributed by atoms with Crippen LogP contribution in [0.5, 0.6) is 5.75 Å². The molecule has 0 aliphatic carbocycles. The van der Waals surface area contributed by atoms with E-state index in [0.29, 0.717) is 24.2 Å². The molecule has 2 aromatic rings. The fraction of sp³-hybridized carbons (Fsp3) is 0.167. The van der Waals surface area contributed by atoms with Gasteiger partial charge in [0, 0.05) is 12.0 Å². The zero-order valence-electron chi connectivity index (χ0n) is 13.4. The quantitative estimate of drug-likeness (QED) is 0.927. The summed E-state index contributed by atoms with van der Waals surface area (Å²) in [6.45, 7) is 0.346. The number of carboxylic acids is 1. The summed E-state index contributed by atoms with van der Waals surface area (Å²) in [4.78, 5) is 23.7. The summed E-state index contributed by atoms with van der Waals surface area (Å²) < 4.78 is 18.3. The number of benzene rings is 2. The summed E-state index contributed by atoms with van der Waals surface area (Å²) in [6, 6.07) is 10.1. The van der Waals surface area contributed by atoms with Crippen molar-refractivity contribution >= 4 is 17.6 Å². The Labute approximate surface area is 143 Å². The molecule has 1 N–H and O–H groups in total. The average Bonchev–Trinajstić information content (AvgIpc) is 3.10. The lowest BCUT2D eigenvalue weighted by Crippen LogP contribution is -2.23. The molecule has 0 unspecified atom stereocenters. The van der Waals surface area contributed by atoms with Gasteiger partial charge in [-0.15, -0.1) is 0 Å². The summed E-state index contributed by atoms with van der Waals surface area (Å²) >= 11 is 0. The molecule has 0 atom stereocenters. The Hall–Kier alpha value is -3.22. The number of halogens is 1. The number of carboxylic acid groups (broad SMARTS) is 1. The SMILES string of the molecule is COc1ccc(C2=NN(C(=O)c3cccc(F)c3)CC2)cc1C(=O)O. The second kappa shape index (κ2) is 6.72. The molecular formula is C18H15FN2O4. The molecule has 2 aromatic carbocycles. The van der Waals surface area contributed by atoms with Crippen LogP contribution < -0.4 is 4.74 Å². The minimum Gasteiger partial charge on any atom is -0.496 e. The molecule has 3 rings (SSSR count). The standard InChI is InChI=1S/C18H15FN2O4/c1-25-16-6-5-11(10-14(16)18(23)24)15-7-8-21(20-15)17(22)12-3-2-4-13(19)9-12/h2-6,9-10H,7-8H2,1H3,(H,23,24). The maximum atomic E-state index is 13.3. The Morgan fingerprint density at radius 1 is 1.24 bits per heavy atom. The minimum absolute atomic E-state index is 0.0256. The van der Waals surface area contributed by atoms with Gasteiger partial charge in [0.05, 0.1) is 19.4 Å². The van der Waals surface area contributed by atoms with Crippen molar-refractivity contribution in [2.45, 2.75) is 6.42 Å². The lowest BCUT2D eigenvalue weighted by Gasteiger charge is -2.11. The molecule has 1 amide bonds. The third-order valence-corrected chi connectivity index (χ3v) is 3.87. The zero-order valence-corrected chi connectivity index (χ0v) is 13.4. The molecule has 0 saturated heterocycles. The van der Waals surface area contributed by atoms with Crippen molar-refractivity contribution in [2.75, 3.05) is 13.7 Å². The van der Waals surface area contributed by atoms with Gasteiger partial charge in [0.2, 0.25) is 0 Å². The summed E-state index contributed by atoms with van der Waals surface area (Å²) in [7, 11) is 1.40. The van der Waals surface area contributed by atoms with Crippen LogP contribution in [0.4, 0.5) is 4.39 Å². The highest BCUT2D eigenvalue weighted by Crippen LogP contribution is 2.23. The second-order valence-corrected chi connectivity index (χ2v) is 5.46. The monoisotopic (exact) mass is 342 g/mol. The zero-order chi connectivity index (χ0) is 18.0. The van der Waals surface area contributed by atoms with Crippen LogP contribution in [0.1, 0.15) is 32.7 Å². The van der Waals surface area contributed by atoms with Crippen molar-refractivity contribution in [2.24, 2.45) is 5.10 Å². The second-order valence-electron chi connectivity index (χ2n) is 5.46. The van der Waals surface area contributed by atoms with E-state index in [9.17, 15) is 19.1 Å². The van der Waals surface area contributed by atoms with Crippen LogP contribution in [-0.2, 0) is 0 Å². The first-order chi connectivity index (χ1) is 12.0. The first kappa shape index (κ1) is 16.6. The van der Waals surface area contributed by atoms with Crippen molar-refractivity contribution in [3.05, 3.63) is 65.0 Å². The highest BCUT2D eigenvalue weighted by atomic mass is 19.1. The van der Waals surface area contributed by atoms with Crippen molar-refractivity contribution in [1.29, 1.82) is 0 Å². The van der Waals surface area contributed by atoms with E-state index in [0.717, 1.165) is 6.07 Å². The lowest BCUT2D eigenvalue weighted by atomic mass is 10.0. The van der Waals surface area contributed by atoms with Gasteiger partial charge in [-0.3, -0.25) is 4.79 Å². The number of carbonyl (C=O) groups excluding carboxylic acids is 1. The number of carbonyl (C=O) groups is 2. The van der Waals surface area contributed by atoms with Crippen LogP contribution in [0, 0.1) is 5.82 Å². The van der Waals surface area contributed by atoms with Gasteiger partial charge in [-0.25, -0.2) is 14.2 Å². The molecule has 0 saturated carbocycles. The summed E-state index contributed by atoms with van der Waals surface area (Å²) in [6.07, 6.45) is 0.479. The molecule has 0 radical (unpaired) electrons. The van der Waals surface area contributed by atoms with Crippen molar-refractivity contribution in [1.82, 2.24) is 5.01 Å². The first-order valence-electron chi connectivity index (χ1n) is 7.56. The Balaban J connectivity index is 1.88. The van der Waals surface area contributed by atoms with Gasteiger partial charge in [0.1, 0.15) is 17.1 Å². The maximum absolute atomic E-state index is 13.3. The number of hydrazone groups is 1. The predicted octanol–water partition coefficient (Wildman–Crippen LogP) is 2.78. The van der Waals surface area contributed by atoms with Crippen molar-refractivity contribution < 1.29 is 23.8 Å². The van der Waals surface area contributed by atoms with Gasteiger partial charge in [-0.2, -0.15) is 5.10 Å². The summed E-state index contributed by atoms with van der Waals surface area (Å²) in [5.41, 5.74) is 1.44. The third kappa shape index (κ3) is 3.35. The maximum Gasteiger partial charge on any atom is 0.339 e. The van der Waals surface area contributed by atoms with Crippen LogP contribution >= 0.6 is 0 Å². The lowest BCUT2D eigenvalue weighted by molar-refractivity contribution is 0.0692. The average molecular weight is 342 g/mol. The molecule has 0 spiro atoms. The van der Waals surface area contributed by atoms with E-state index in [2.05, 4.69) is 5.10 Å². The molecule has 1 aliphatic rings. The molecule has 1 aliphatic heterocycles. The van der Waals surface area contributed by atoms with E-state index in [1.54, 1.807) is 12.1 Å². The Morgan fingerprint density at radius 3 is 2.72 bits per heavy atom. The number of amides is 1. The largest absolute Gasteiger partial charge is 0.496 e. The van der Waals surface area contributed by atoms with Crippen LogP contribution in [-0.4, -0.2) is 41.4 Å². The van der Waals surface area contributed by atoms with Crippen LogP contribution in [0.2, 0.25) is 0 Å². The fourth-order valence-corrected chi connectivity index (χ4v) is 2.63. The predicted molar refractivity (Wildman–Crippen MR) is 88.5 cm³/mol. The number of aromatic carboxylic acids is 1. The number of methoxy groups -OCH3 is 1. The molecule has 0 aromatic heterocycles. The Bertz CT molecular complexity index is 879. The number of ether oxygens (including phenoxy) is 1. The molecular weight excluding hydrogens is 327 g/mol. The minimum atomic E-state index is -1.11. The normalized spacial score (nSPS) is 13.5. The first-order valence-corrected chi connectivity index (χ1v) is 7.56. The molecule has 25 heavy (non-hydrogen) atoms. The van der Waals surface area contributed by atoms with Crippen molar-refractivity contribution in [3.63, 3.8) is 0 Å². The molecule has 0 fully saturated rings. The van der Waals surface area contributed by atoms with Crippen LogP contribution in [0.3, 0.4) is 0 Å². The van der Waals surface area contributed by atoms with Gasteiger partial charge in [0.25, 0.3) is 5.91 Å². The van der Waals surface area contributed by atoms with E-state index >= 15 is 0 Å². The van der Waals surface area contributed by atoms with E-state index in [1.165, 1.54) is 36.4 Å². The topological polar surface area (TPSA) is 79.2 Å². The highest BCUT2D eigenvalue weighted by molar-refractivity contribution is 6.06. The smallest absolute Gasteiger partial charge is 0.339 e. The summed E-state index contributed by atoms with van der Waals surface area (Å²) in [5.74, 6) is -1.75. The third-order valence-electron chi connectivity index (χ3n) is 3.87. The van der Waals surface area contributed by atoms with Gasteiger partial charge < -0.3 is 9.84 Å². The number of hydrogen-bond acceptors (Lipinski definition) is 4. The van der Waals surface area contributed by atoms with Gasteiger partial charge in [-0.1, -0.05) is 6.07 Å². The van der Waals surface area contributed by atoms with Crippen LogP contribution in [0.15, 0.2) is 47.6 Å². The number of nitrogens with zero attached hydrogens (tertiary/aromatic N) is 2. The molecule has 6 nitrogen and oxygen atoms in total. The Kier molecular flexibility index (Phi) is 4.47. The Morgan fingerprint density at radius 2 is 2.04 bits per heavy atom. The van der Waals surface area contributed by atoms with Crippen LogP contribution in [0.25, 0.3) is 0 Å². The van der Waals surface area contributed by atoms with Gasteiger partial charge >= 0.3 is 5.97 Å². The molecule has 0 bridgehead atoms. The highest BCUT2D eigenvalue weighted by Gasteiger charge is 2.24. The van der Waals surface area contributed by atoms with Gasteiger partial charge in [0.15, 0.2) is 0 Å². The fourth-order valence-electron chi connectivity index (χ4n) is 2.63. The molecule has 1 heterocycles. The van der Waals surface area contributed by atoms with E-state index in [1.807, 2.05) is 0 Å². The molecule has 7 heteroatoms. The number of hydrogen-bond donors (Lipinski definition) is 1. The summed E-state index contributed by atoms with van der Waals surface area (Å²) in [5, 5.41) is 14.8. The molecule has 128 valence electrons.